The fraction of sp³-hybridized carbons (Fsp3) is 0.571. The van der Waals surface area contributed by atoms with Gasteiger partial charge in [0.1, 0.15) is 6.33 Å². The zero-order valence-electron chi connectivity index (χ0n) is 12.4. The standard InChI is InChI=1S/C14H20N6O/c1-11(2)20-10-17-18-12(20)7-16-13(21)14(3-4-14)8-19-6-5-15-9-19/h5-6,9-11H,3-4,7-8H2,1-2H3,(H,16,21). The van der Waals surface area contributed by atoms with Crippen LogP contribution in [-0.2, 0) is 17.9 Å². The molecule has 1 fully saturated rings. The highest BCUT2D eigenvalue weighted by atomic mass is 16.2. The summed E-state index contributed by atoms with van der Waals surface area (Å²) in [6.45, 7) is 5.24. The van der Waals surface area contributed by atoms with Crippen LogP contribution in [0.3, 0.4) is 0 Å². The molecule has 1 N–H and O–H groups in total. The van der Waals surface area contributed by atoms with Gasteiger partial charge in [-0.15, -0.1) is 10.2 Å². The number of carbonyl (C=O) groups excluding carboxylic acids is 1. The number of hydrogen-bond donors (Lipinski definition) is 1. The van der Waals surface area contributed by atoms with E-state index in [4.69, 9.17) is 0 Å². The average molecular weight is 288 g/mol. The third-order valence-electron chi connectivity index (χ3n) is 3.99. The lowest BCUT2D eigenvalue weighted by Gasteiger charge is -2.16. The number of aromatic nitrogens is 5. The molecule has 0 aromatic carbocycles. The number of amides is 1. The molecule has 2 aromatic heterocycles. The first-order valence-corrected chi connectivity index (χ1v) is 7.23. The maximum absolute atomic E-state index is 12.4. The number of rotatable bonds is 6. The summed E-state index contributed by atoms with van der Waals surface area (Å²) in [5.41, 5.74) is -0.274. The Labute approximate surface area is 123 Å². The van der Waals surface area contributed by atoms with Gasteiger partial charge in [0.05, 0.1) is 18.3 Å². The van der Waals surface area contributed by atoms with E-state index in [-0.39, 0.29) is 17.4 Å². The topological polar surface area (TPSA) is 77.6 Å². The maximum Gasteiger partial charge on any atom is 0.228 e. The van der Waals surface area contributed by atoms with E-state index in [2.05, 4.69) is 34.3 Å². The zero-order valence-corrected chi connectivity index (χ0v) is 12.4. The van der Waals surface area contributed by atoms with Gasteiger partial charge in [-0.2, -0.15) is 0 Å². The molecule has 0 radical (unpaired) electrons. The first-order chi connectivity index (χ1) is 10.1. The minimum atomic E-state index is -0.274. The Balaban J connectivity index is 1.60. The number of nitrogens with zero attached hydrogens (tertiary/aromatic N) is 5. The molecule has 7 heteroatoms. The smallest absolute Gasteiger partial charge is 0.228 e. The molecule has 0 spiro atoms. The van der Waals surface area contributed by atoms with Gasteiger partial charge in [0.2, 0.25) is 5.91 Å². The van der Waals surface area contributed by atoms with Crippen molar-refractivity contribution in [2.24, 2.45) is 5.41 Å². The predicted molar refractivity (Wildman–Crippen MR) is 76.1 cm³/mol. The lowest BCUT2D eigenvalue weighted by Crippen LogP contribution is -2.35. The lowest BCUT2D eigenvalue weighted by molar-refractivity contribution is -0.127. The molecule has 1 aliphatic rings. The van der Waals surface area contributed by atoms with Crippen molar-refractivity contribution in [1.29, 1.82) is 0 Å². The van der Waals surface area contributed by atoms with E-state index < -0.39 is 0 Å². The zero-order chi connectivity index (χ0) is 14.9. The second kappa shape index (κ2) is 5.31. The molecule has 2 aromatic rings. The molecule has 112 valence electrons. The van der Waals surface area contributed by atoms with Gasteiger partial charge in [0.25, 0.3) is 0 Å². The van der Waals surface area contributed by atoms with Crippen molar-refractivity contribution >= 4 is 5.91 Å². The summed E-state index contributed by atoms with van der Waals surface area (Å²) in [7, 11) is 0. The van der Waals surface area contributed by atoms with Gasteiger partial charge >= 0.3 is 0 Å². The monoisotopic (exact) mass is 288 g/mol. The Morgan fingerprint density at radius 2 is 2.24 bits per heavy atom. The Morgan fingerprint density at radius 3 is 2.86 bits per heavy atom. The van der Waals surface area contributed by atoms with E-state index in [1.54, 1.807) is 18.9 Å². The van der Waals surface area contributed by atoms with Gasteiger partial charge in [0.15, 0.2) is 5.82 Å². The number of imidazole rings is 1. The second-order valence-electron chi connectivity index (χ2n) is 5.95. The number of hydrogen-bond acceptors (Lipinski definition) is 4. The van der Waals surface area contributed by atoms with Crippen LogP contribution in [0.1, 0.15) is 38.6 Å². The van der Waals surface area contributed by atoms with E-state index in [9.17, 15) is 4.79 Å². The van der Waals surface area contributed by atoms with Gasteiger partial charge in [-0.25, -0.2) is 4.98 Å². The van der Waals surface area contributed by atoms with Gasteiger partial charge in [-0.1, -0.05) is 0 Å². The summed E-state index contributed by atoms with van der Waals surface area (Å²) in [4.78, 5) is 16.4. The van der Waals surface area contributed by atoms with Crippen LogP contribution in [0.25, 0.3) is 0 Å². The van der Waals surface area contributed by atoms with Crippen molar-refractivity contribution in [3.8, 4) is 0 Å². The fourth-order valence-corrected chi connectivity index (χ4v) is 2.51. The van der Waals surface area contributed by atoms with Gasteiger partial charge in [-0.05, 0) is 26.7 Å². The molecule has 0 saturated heterocycles. The van der Waals surface area contributed by atoms with Crippen LogP contribution in [-0.4, -0.2) is 30.2 Å². The van der Waals surface area contributed by atoms with Gasteiger partial charge < -0.3 is 14.5 Å². The highest BCUT2D eigenvalue weighted by Crippen LogP contribution is 2.47. The van der Waals surface area contributed by atoms with E-state index >= 15 is 0 Å². The highest BCUT2D eigenvalue weighted by molar-refractivity contribution is 5.85. The molecule has 2 heterocycles. The Bertz CT molecular complexity index is 611. The predicted octanol–water partition coefficient (Wildman–Crippen LogP) is 1.15. The molecule has 0 aliphatic heterocycles. The van der Waals surface area contributed by atoms with Crippen molar-refractivity contribution < 1.29 is 4.79 Å². The van der Waals surface area contributed by atoms with E-state index in [0.717, 1.165) is 18.7 Å². The van der Waals surface area contributed by atoms with Crippen molar-refractivity contribution in [1.82, 2.24) is 29.6 Å². The summed E-state index contributed by atoms with van der Waals surface area (Å²) >= 11 is 0. The molecular formula is C14H20N6O. The SMILES string of the molecule is CC(C)n1cnnc1CNC(=O)C1(Cn2ccnc2)CC1. The molecule has 0 unspecified atom stereocenters. The first-order valence-electron chi connectivity index (χ1n) is 7.23. The molecular weight excluding hydrogens is 268 g/mol. The van der Waals surface area contributed by atoms with Gasteiger partial charge in [-0.3, -0.25) is 4.79 Å². The van der Waals surface area contributed by atoms with Crippen molar-refractivity contribution in [2.45, 2.75) is 45.8 Å². The average Bonchev–Trinajstić information content (AvgIpc) is 2.90. The normalized spacial score (nSPS) is 16.1. The molecule has 21 heavy (non-hydrogen) atoms. The second-order valence-corrected chi connectivity index (χ2v) is 5.95. The third kappa shape index (κ3) is 2.81. The van der Waals surface area contributed by atoms with Crippen LogP contribution < -0.4 is 5.32 Å². The van der Waals surface area contributed by atoms with Crippen LogP contribution >= 0.6 is 0 Å². The molecule has 1 amide bonds. The van der Waals surface area contributed by atoms with E-state index in [1.165, 1.54) is 0 Å². The minimum absolute atomic E-state index is 0.0921. The van der Waals surface area contributed by atoms with Crippen molar-refractivity contribution in [3.63, 3.8) is 0 Å². The molecule has 3 rings (SSSR count). The van der Waals surface area contributed by atoms with Crippen LogP contribution in [0.2, 0.25) is 0 Å². The summed E-state index contributed by atoms with van der Waals surface area (Å²) in [6, 6.07) is 0.285. The summed E-state index contributed by atoms with van der Waals surface area (Å²) in [5, 5.41) is 11.0. The molecule has 0 bridgehead atoms. The minimum Gasteiger partial charge on any atom is -0.348 e. The van der Waals surface area contributed by atoms with Crippen LogP contribution in [0, 0.1) is 5.41 Å². The van der Waals surface area contributed by atoms with Gasteiger partial charge in [0, 0.05) is 25.0 Å². The third-order valence-corrected chi connectivity index (χ3v) is 3.99. The largest absolute Gasteiger partial charge is 0.348 e. The summed E-state index contributed by atoms with van der Waals surface area (Å²) < 4.78 is 3.93. The van der Waals surface area contributed by atoms with Crippen LogP contribution in [0.4, 0.5) is 0 Å². The van der Waals surface area contributed by atoms with Crippen molar-refractivity contribution in [2.75, 3.05) is 0 Å². The highest BCUT2D eigenvalue weighted by Gasteiger charge is 2.49. The van der Waals surface area contributed by atoms with E-state index in [1.807, 2.05) is 15.3 Å². The van der Waals surface area contributed by atoms with Crippen LogP contribution in [0.15, 0.2) is 25.0 Å². The molecule has 1 aliphatic carbocycles. The van der Waals surface area contributed by atoms with Crippen LogP contribution in [0.5, 0.6) is 0 Å². The summed E-state index contributed by atoms with van der Waals surface area (Å²) in [5.74, 6) is 0.881. The fourth-order valence-electron chi connectivity index (χ4n) is 2.51. The van der Waals surface area contributed by atoms with E-state index in [0.29, 0.717) is 13.1 Å². The summed E-state index contributed by atoms with van der Waals surface area (Å²) in [6.07, 6.45) is 8.93. The Hall–Kier alpha value is -2.18. The van der Waals surface area contributed by atoms with Crippen molar-refractivity contribution in [3.05, 3.63) is 30.9 Å². The molecule has 7 nitrogen and oxygen atoms in total. The number of nitrogens with one attached hydrogen (secondary N) is 1. The lowest BCUT2D eigenvalue weighted by atomic mass is 10.1. The molecule has 1 saturated carbocycles. The Morgan fingerprint density at radius 1 is 1.43 bits per heavy atom. The maximum atomic E-state index is 12.4. The quantitative estimate of drug-likeness (QED) is 0.865. The first kappa shape index (κ1) is 13.8. The molecule has 0 atom stereocenters. The Kier molecular flexibility index (Phi) is 3.48. The number of carbonyl (C=O) groups is 1.